The minimum atomic E-state index is 0.0646. The monoisotopic (exact) mass is 230 g/mol. The number of nitrogen functional groups attached to an aromatic ring is 1. The van der Waals surface area contributed by atoms with E-state index in [1.165, 1.54) is 0 Å². The maximum Gasteiger partial charge on any atom is 0.180 e. The van der Waals surface area contributed by atoms with E-state index in [0.717, 1.165) is 5.65 Å². The molecular formula is C11H14N6. The summed E-state index contributed by atoms with van der Waals surface area (Å²) in [5.74, 6) is 1.12. The molecule has 0 aromatic carbocycles. The van der Waals surface area contributed by atoms with Crippen molar-refractivity contribution >= 4 is 17.3 Å². The molecule has 6 heteroatoms. The summed E-state index contributed by atoms with van der Waals surface area (Å²) >= 11 is 0. The zero-order valence-corrected chi connectivity index (χ0v) is 9.83. The molecule has 2 heterocycles. The average molecular weight is 230 g/mol. The van der Waals surface area contributed by atoms with Crippen LogP contribution >= 0.6 is 0 Å². The first-order valence-electron chi connectivity index (χ1n) is 5.32. The predicted octanol–water partition coefficient (Wildman–Crippen LogP) is 1.05. The highest BCUT2D eigenvalue weighted by molar-refractivity contribution is 5.66. The molecule has 0 aliphatic carbocycles. The number of anilines is 2. The minimum absolute atomic E-state index is 0.0646. The molecule has 0 saturated carbocycles. The van der Waals surface area contributed by atoms with E-state index in [1.54, 1.807) is 12.4 Å². The van der Waals surface area contributed by atoms with Crippen LogP contribution in [0.4, 0.5) is 11.6 Å². The van der Waals surface area contributed by atoms with Gasteiger partial charge in [0.1, 0.15) is 5.82 Å². The Morgan fingerprint density at radius 2 is 2.41 bits per heavy atom. The average Bonchev–Trinajstić information content (AvgIpc) is 2.75. The number of nitriles is 1. The van der Waals surface area contributed by atoms with E-state index in [-0.39, 0.29) is 6.04 Å². The van der Waals surface area contributed by atoms with Crippen molar-refractivity contribution in [2.24, 2.45) is 0 Å². The van der Waals surface area contributed by atoms with Crippen LogP contribution in [0.3, 0.4) is 0 Å². The summed E-state index contributed by atoms with van der Waals surface area (Å²) in [6.45, 7) is 1.97. The van der Waals surface area contributed by atoms with E-state index in [0.29, 0.717) is 18.1 Å². The second-order valence-electron chi connectivity index (χ2n) is 3.97. The van der Waals surface area contributed by atoms with Crippen LogP contribution in [-0.2, 0) is 0 Å². The van der Waals surface area contributed by atoms with Gasteiger partial charge in [0.2, 0.25) is 0 Å². The molecule has 0 bridgehead atoms. The molecule has 0 amide bonds. The molecule has 2 rings (SSSR count). The predicted molar refractivity (Wildman–Crippen MR) is 65.5 cm³/mol. The summed E-state index contributed by atoms with van der Waals surface area (Å²) in [6, 6.07) is 2.21. The summed E-state index contributed by atoms with van der Waals surface area (Å²) in [7, 11) is 1.89. The zero-order chi connectivity index (χ0) is 12.4. The molecule has 0 fully saturated rings. The Hall–Kier alpha value is -2.29. The van der Waals surface area contributed by atoms with Crippen LogP contribution in [0.15, 0.2) is 18.6 Å². The Labute approximate surface area is 99.3 Å². The van der Waals surface area contributed by atoms with Crippen molar-refractivity contribution in [3.63, 3.8) is 0 Å². The number of rotatable bonds is 3. The fourth-order valence-corrected chi connectivity index (χ4v) is 1.65. The van der Waals surface area contributed by atoms with E-state index < -0.39 is 0 Å². The molecule has 0 saturated heterocycles. The number of imidazole rings is 1. The molecule has 0 aliphatic rings. The van der Waals surface area contributed by atoms with Gasteiger partial charge in [-0.3, -0.25) is 0 Å². The summed E-state index contributed by atoms with van der Waals surface area (Å²) < 4.78 is 1.83. The van der Waals surface area contributed by atoms with Crippen molar-refractivity contribution in [3.8, 4) is 6.07 Å². The van der Waals surface area contributed by atoms with Crippen molar-refractivity contribution in [3.05, 3.63) is 18.6 Å². The van der Waals surface area contributed by atoms with Crippen LogP contribution in [0.5, 0.6) is 0 Å². The number of nitrogens with zero attached hydrogens (tertiary/aromatic N) is 5. The first-order chi connectivity index (χ1) is 8.13. The van der Waals surface area contributed by atoms with Crippen molar-refractivity contribution in [1.29, 1.82) is 5.26 Å². The minimum Gasteiger partial charge on any atom is -0.382 e. The molecule has 1 atom stereocenters. The summed E-state index contributed by atoms with van der Waals surface area (Å²) in [4.78, 5) is 10.5. The van der Waals surface area contributed by atoms with Gasteiger partial charge in [-0.2, -0.15) is 5.26 Å². The number of aromatic nitrogens is 3. The third kappa shape index (κ3) is 1.99. The number of nitrogens with two attached hydrogens (primary N) is 1. The fourth-order valence-electron chi connectivity index (χ4n) is 1.65. The van der Waals surface area contributed by atoms with E-state index in [1.807, 2.05) is 29.5 Å². The Balaban J connectivity index is 2.47. The largest absolute Gasteiger partial charge is 0.382 e. The van der Waals surface area contributed by atoms with Crippen LogP contribution < -0.4 is 10.6 Å². The lowest BCUT2D eigenvalue weighted by atomic mass is 10.2. The van der Waals surface area contributed by atoms with Crippen LogP contribution in [0.25, 0.3) is 5.65 Å². The van der Waals surface area contributed by atoms with E-state index in [2.05, 4.69) is 16.0 Å². The lowest BCUT2D eigenvalue weighted by molar-refractivity contribution is 0.694. The Morgan fingerprint density at radius 1 is 1.65 bits per heavy atom. The Kier molecular flexibility index (Phi) is 2.83. The van der Waals surface area contributed by atoms with Gasteiger partial charge in [-0.15, -0.1) is 0 Å². The second-order valence-corrected chi connectivity index (χ2v) is 3.97. The smallest absolute Gasteiger partial charge is 0.180 e. The van der Waals surface area contributed by atoms with Gasteiger partial charge in [0.05, 0.1) is 18.7 Å². The van der Waals surface area contributed by atoms with Crippen LogP contribution in [0, 0.1) is 11.3 Å². The van der Waals surface area contributed by atoms with Crippen molar-refractivity contribution < 1.29 is 0 Å². The van der Waals surface area contributed by atoms with Gasteiger partial charge < -0.3 is 15.0 Å². The number of hydrogen-bond acceptors (Lipinski definition) is 5. The lowest BCUT2D eigenvalue weighted by Crippen LogP contribution is -2.30. The van der Waals surface area contributed by atoms with Crippen LogP contribution in [0.1, 0.15) is 13.3 Å². The van der Waals surface area contributed by atoms with Gasteiger partial charge in [0, 0.05) is 25.5 Å². The molecule has 0 radical (unpaired) electrons. The first kappa shape index (κ1) is 11.2. The van der Waals surface area contributed by atoms with E-state index >= 15 is 0 Å². The Morgan fingerprint density at radius 3 is 3.12 bits per heavy atom. The van der Waals surface area contributed by atoms with Gasteiger partial charge in [-0.1, -0.05) is 0 Å². The molecule has 0 spiro atoms. The highest BCUT2D eigenvalue weighted by atomic mass is 15.2. The Bertz CT molecular complexity index is 567. The maximum atomic E-state index is 8.72. The quantitative estimate of drug-likeness (QED) is 0.852. The van der Waals surface area contributed by atoms with Crippen molar-refractivity contribution in [1.82, 2.24) is 14.4 Å². The zero-order valence-electron chi connectivity index (χ0n) is 9.83. The van der Waals surface area contributed by atoms with E-state index in [9.17, 15) is 0 Å². The van der Waals surface area contributed by atoms with E-state index in [4.69, 9.17) is 11.0 Å². The molecule has 17 heavy (non-hydrogen) atoms. The van der Waals surface area contributed by atoms with Gasteiger partial charge in [0.25, 0.3) is 0 Å². The van der Waals surface area contributed by atoms with Crippen molar-refractivity contribution in [2.45, 2.75) is 19.4 Å². The fraction of sp³-hybridized carbons (Fsp3) is 0.364. The SMILES string of the molecule is CC(CC#N)N(C)c1nc(N)cn2ccnc12. The van der Waals surface area contributed by atoms with Crippen LogP contribution in [-0.4, -0.2) is 27.5 Å². The molecule has 6 nitrogen and oxygen atoms in total. The maximum absolute atomic E-state index is 8.72. The highest BCUT2D eigenvalue weighted by Gasteiger charge is 2.15. The standard InChI is InChI=1S/C11H14N6/c1-8(3-4-12)16(2)11-10-14-5-6-17(10)7-9(13)15-11/h5-8H,3,13H2,1-2H3. The van der Waals surface area contributed by atoms with Crippen molar-refractivity contribution in [2.75, 3.05) is 17.7 Å². The van der Waals surface area contributed by atoms with Gasteiger partial charge >= 0.3 is 0 Å². The third-order valence-corrected chi connectivity index (χ3v) is 2.76. The number of fused-ring (bicyclic) bond motifs is 1. The van der Waals surface area contributed by atoms with Crippen LogP contribution in [0.2, 0.25) is 0 Å². The first-order valence-corrected chi connectivity index (χ1v) is 5.32. The summed E-state index contributed by atoms with van der Waals surface area (Å²) in [5, 5.41) is 8.72. The highest BCUT2D eigenvalue weighted by Crippen LogP contribution is 2.20. The van der Waals surface area contributed by atoms with Gasteiger partial charge in [0.15, 0.2) is 11.5 Å². The summed E-state index contributed by atoms with van der Waals surface area (Å²) in [6.07, 6.45) is 5.66. The number of hydrogen-bond donors (Lipinski definition) is 1. The van der Waals surface area contributed by atoms with Gasteiger partial charge in [-0.25, -0.2) is 9.97 Å². The molecule has 0 aliphatic heterocycles. The topological polar surface area (TPSA) is 83.2 Å². The third-order valence-electron chi connectivity index (χ3n) is 2.76. The van der Waals surface area contributed by atoms with Gasteiger partial charge in [-0.05, 0) is 6.92 Å². The molecule has 2 aromatic heterocycles. The molecular weight excluding hydrogens is 216 g/mol. The molecule has 2 N–H and O–H groups in total. The molecule has 1 unspecified atom stereocenters. The summed E-state index contributed by atoms with van der Waals surface area (Å²) in [5.41, 5.74) is 6.49. The molecule has 88 valence electrons. The second kappa shape index (κ2) is 4.29. The lowest BCUT2D eigenvalue weighted by Gasteiger charge is -2.24. The normalized spacial score (nSPS) is 12.3. The molecule has 2 aromatic rings.